The molecule has 0 bridgehead atoms. The number of carboxylic acids is 1. The van der Waals surface area contributed by atoms with Crippen molar-refractivity contribution in [3.8, 4) is 5.75 Å². The topological polar surface area (TPSA) is 89.9 Å². The standard InChI is InChI=1S/C30H24O6/c1-20-17-23(15-16-24(20)29(32)33)28(31)27-25(30(34)36-19-22-11-6-3-7-12-22)13-8-14-26(27)35-18-21-9-4-2-5-10-21/h2-17H,18-19H2,1H3,(H,32,33). The average Bonchev–Trinajstić information content (AvgIpc) is 2.90. The zero-order valence-electron chi connectivity index (χ0n) is 19.6. The summed E-state index contributed by atoms with van der Waals surface area (Å²) in [7, 11) is 0. The van der Waals surface area contributed by atoms with Gasteiger partial charge in [-0.3, -0.25) is 4.79 Å². The van der Waals surface area contributed by atoms with Crippen molar-refractivity contribution in [3.05, 3.63) is 136 Å². The van der Waals surface area contributed by atoms with E-state index in [0.29, 0.717) is 5.56 Å². The van der Waals surface area contributed by atoms with Gasteiger partial charge in [0.1, 0.15) is 19.0 Å². The Morgan fingerprint density at radius 2 is 1.36 bits per heavy atom. The van der Waals surface area contributed by atoms with E-state index < -0.39 is 17.7 Å². The second kappa shape index (κ2) is 11.1. The predicted octanol–water partition coefficient (Wildman–Crippen LogP) is 5.86. The Morgan fingerprint density at radius 3 is 1.97 bits per heavy atom. The summed E-state index contributed by atoms with van der Waals surface area (Å²) in [5.41, 5.74) is 2.62. The predicted molar refractivity (Wildman–Crippen MR) is 134 cm³/mol. The lowest BCUT2D eigenvalue weighted by Gasteiger charge is -2.15. The summed E-state index contributed by atoms with van der Waals surface area (Å²) in [6.45, 7) is 1.86. The number of hydrogen-bond donors (Lipinski definition) is 1. The van der Waals surface area contributed by atoms with Crippen molar-refractivity contribution in [1.82, 2.24) is 0 Å². The summed E-state index contributed by atoms with van der Waals surface area (Å²) in [5, 5.41) is 9.34. The highest BCUT2D eigenvalue weighted by molar-refractivity contribution is 6.16. The van der Waals surface area contributed by atoms with Gasteiger partial charge in [0, 0.05) is 5.56 Å². The van der Waals surface area contributed by atoms with Gasteiger partial charge in [0.15, 0.2) is 5.78 Å². The molecule has 0 unspecified atom stereocenters. The smallest absolute Gasteiger partial charge is 0.339 e. The number of carbonyl (C=O) groups excluding carboxylic acids is 2. The van der Waals surface area contributed by atoms with E-state index in [9.17, 15) is 19.5 Å². The van der Waals surface area contributed by atoms with Crippen LogP contribution in [0.2, 0.25) is 0 Å². The first-order chi connectivity index (χ1) is 17.4. The maximum atomic E-state index is 13.7. The second-order valence-electron chi connectivity index (χ2n) is 8.18. The van der Waals surface area contributed by atoms with Crippen LogP contribution < -0.4 is 4.74 Å². The molecule has 0 aromatic heterocycles. The van der Waals surface area contributed by atoms with Crippen molar-refractivity contribution < 1.29 is 29.0 Å². The molecule has 6 heteroatoms. The molecule has 4 aromatic carbocycles. The van der Waals surface area contributed by atoms with Crippen molar-refractivity contribution in [2.24, 2.45) is 0 Å². The number of aryl methyl sites for hydroxylation is 1. The molecule has 0 atom stereocenters. The summed E-state index contributed by atoms with van der Waals surface area (Å²) in [4.78, 5) is 38.2. The van der Waals surface area contributed by atoms with Gasteiger partial charge in [0.05, 0.1) is 16.7 Å². The highest BCUT2D eigenvalue weighted by Crippen LogP contribution is 2.28. The Bertz CT molecular complexity index is 1390. The van der Waals surface area contributed by atoms with Gasteiger partial charge in [-0.15, -0.1) is 0 Å². The first-order valence-electron chi connectivity index (χ1n) is 11.3. The highest BCUT2D eigenvalue weighted by Gasteiger charge is 2.25. The first-order valence-corrected chi connectivity index (χ1v) is 11.3. The van der Waals surface area contributed by atoms with Crippen LogP contribution in [0.5, 0.6) is 5.75 Å². The molecule has 36 heavy (non-hydrogen) atoms. The van der Waals surface area contributed by atoms with E-state index in [-0.39, 0.29) is 41.2 Å². The van der Waals surface area contributed by atoms with Crippen LogP contribution in [0, 0.1) is 6.92 Å². The molecule has 1 N–H and O–H groups in total. The number of esters is 1. The molecule has 4 rings (SSSR count). The lowest BCUT2D eigenvalue weighted by molar-refractivity contribution is 0.0469. The Morgan fingerprint density at radius 1 is 0.722 bits per heavy atom. The number of carbonyl (C=O) groups is 3. The molecule has 0 aliphatic rings. The van der Waals surface area contributed by atoms with Crippen LogP contribution in [-0.4, -0.2) is 22.8 Å². The maximum Gasteiger partial charge on any atom is 0.339 e. The number of hydrogen-bond acceptors (Lipinski definition) is 5. The van der Waals surface area contributed by atoms with Crippen molar-refractivity contribution in [2.45, 2.75) is 20.1 Å². The Hall–Kier alpha value is -4.71. The highest BCUT2D eigenvalue weighted by atomic mass is 16.5. The van der Waals surface area contributed by atoms with Gasteiger partial charge >= 0.3 is 11.9 Å². The van der Waals surface area contributed by atoms with Crippen LogP contribution in [0.3, 0.4) is 0 Å². The SMILES string of the molecule is Cc1cc(C(=O)c2c(OCc3ccccc3)cccc2C(=O)OCc2ccccc2)ccc1C(=O)O. The fraction of sp³-hybridized carbons (Fsp3) is 0.100. The van der Waals surface area contributed by atoms with Gasteiger partial charge in [0.25, 0.3) is 0 Å². The molecule has 0 aliphatic heterocycles. The molecule has 0 amide bonds. The van der Waals surface area contributed by atoms with Crippen molar-refractivity contribution in [2.75, 3.05) is 0 Å². The molecule has 6 nitrogen and oxygen atoms in total. The quantitative estimate of drug-likeness (QED) is 0.238. The van der Waals surface area contributed by atoms with Crippen LogP contribution >= 0.6 is 0 Å². The molecule has 0 radical (unpaired) electrons. The number of carboxylic acid groups (broad SMARTS) is 1. The normalized spacial score (nSPS) is 10.5. The van der Waals surface area contributed by atoms with E-state index >= 15 is 0 Å². The monoisotopic (exact) mass is 480 g/mol. The van der Waals surface area contributed by atoms with Gasteiger partial charge in [0.2, 0.25) is 0 Å². The number of ether oxygens (including phenoxy) is 2. The zero-order chi connectivity index (χ0) is 25.5. The van der Waals surface area contributed by atoms with E-state index in [1.807, 2.05) is 60.7 Å². The van der Waals surface area contributed by atoms with E-state index in [4.69, 9.17) is 9.47 Å². The first kappa shape index (κ1) is 24.4. The van der Waals surface area contributed by atoms with Crippen LogP contribution in [0.4, 0.5) is 0 Å². The number of ketones is 1. The lowest BCUT2D eigenvalue weighted by atomic mass is 9.95. The van der Waals surface area contributed by atoms with Crippen molar-refractivity contribution in [1.29, 1.82) is 0 Å². The molecule has 0 heterocycles. The minimum Gasteiger partial charge on any atom is -0.488 e. The average molecular weight is 481 g/mol. The molecule has 0 aliphatic carbocycles. The maximum absolute atomic E-state index is 13.7. The van der Waals surface area contributed by atoms with E-state index in [1.165, 1.54) is 24.3 Å². The van der Waals surface area contributed by atoms with Crippen LogP contribution in [0.25, 0.3) is 0 Å². The number of rotatable bonds is 9. The largest absolute Gasteiger partial charge is 0.488 e. The number of benzene rings is 4. The third-order valence-corrected chi connectivity index (χ3v) is 5.64. The summed E-state index contributed by atoms with van der Waals surface area (Å²) >= 11 is 0. The molecule has 180 valence electrons. The fourth-order valence-electron chi connectivity index (χ4n) is 3.78. The summed E-state index contributed by atoms with van der Waals surface area (Å²) < 4.78 is 11.5. The van der Waals surface area contributed by atoms with Gasteiger partial charge in [-0.1, -0.05) is 72.8 Å². The van der Waals surface area contributed by atoms with E-state index in [1.54, 1.807) is 19.1 Å². The van der Waals surface area contributed by atoms with Crippen molar-refractivity contribution >= 4 is 17.7 Å². The van der Waals surface area contributed by atoms with Crippen LogP contribution in [-0.2, 0) is 18.0 Å². The minimum atomic E-state index is -1.08. The summed E-state index contributed by atoms with van der Waals surface area (Å²) in [5.74, 6) is -1.97. The van der Waals surface area contributed by atoms with Crippen LogP contribution in [0.15, 0.2) is 97.1 Å². The third-order valence-electron chi connectivity index (χ3n) is 5.64. The molecule has 0 fully saturated rings. The Kier molecular flexibility index (Phi) is 7.56. The third kappa shape index (κ3) is 5.67. The fourth-order valence-corrected chi connectivity index (χ4v) is 3.78. The van der Waals surface area contributed by atoms with E-state index in [0.717, 1.165) is 11.1 Å². The van der Waals surface area contributed by atoms with Gasteiger partial charge in [-0.05, 0) is 47.9 Å². The summed E-state index contributed by atoms with van der Waals surface area (Å²) in [6, 6.07) is 27.8. The summed E-state index contributed by atoms with van der Waals surface area (Å²) in [6.07, 6.45) is 0. The molecule has 4 aromatic rings. The van der Waals surface area contributed by atoms with E-state index in [2.05, 4.69) is 0 Å². The number of aromatic carboxylic acids is 1. The second-order valence-corrected chi connectivity index (χ2v) is 8.18. The van der Waals surface area contributed by atoms with Gasteiger partial charge in [-0.2, -0.15) is 0 Å². The lowest BCUT2D eigenvalue weighted by Crippen LogP contribution is -2.15. The molecule has 0 spiro atoms. The van der Waals surface area contributed by atoms with Crippen molar-refractivity contribution in [3.63, 3.8) is 0 Å². The Labute approximate surface area is 208 Å². The molecule has 0 saturated carbocycles. The molecular formula is C30H24O6. The minimum absolute atomic E-state index is 0.0504. The molecule has 0 saturated heterocycles. The zero-order valence-corrected chi connectivity index (χ0v) is 19.6. The van der Waals surface area contributed by atoms with Gasteiger partial charge < -0.3 is 14.6 Å². The Balaban J connectivity index is 1.70. The van der Waals surface area contributed by atoms with Crippen LogP contribution in [0.1, 0.15) is 53.3 Å². The molecular weight excluding hydrogens is 456 g/mol. The van der Waals surface area contributed by atoms with Gasteiger partial charge in [-0.25, -0.2) is 9.59 Å².